The summed E-state index contributed by atoms with van der Waals surface area (Å²) in [5.74, 6) is 0.586. The maximum atomic E-state index is 3.80. The first kappa shape index (κ1) is 13.4. The van der Waals surface area contributed by atoms with Crippen molar-refractivity contribution in [1.82, 2.24) is 0 Å². The van der Waals surface area contributed by atoms with E-state index in [-0.39, 0.29) is 0 Å². The summed E-state index contributed by atoms with van der Waals surface area (Å²) in [6.45, 7) is 8.17. The molecule has 1 aliphatic rings. The van der Waals surface area contributed by atoms with Gasteiger partial charge in [-0.2, -0.15) is 0 Å². The third kappa shape index (κ3) is 3.25. The van der Waals surface area contributed by atoms with E-state index in [0.29, 0.717) is 5.92 Å². The summed E-state index contributed by atoms with van der Waals surface area (Å²) < 4.78 is 0. The minimum atomic E-state index is 0.586. The number of benzene rings is 1. The van der Waals surface area contributed by atoms with Crippen molar-refractivity contribution in [2.24, 2.45) is 5.92 Å². The molecule has 98 valence electrons. The van der Waals surface area contributed by atoms with Crippen LogP contribution in [0.1, 0.15) is 20.3 Å². The molecule has 1 nitrogen and oxygen atoms in total. The van der Waals surface area contributed by atoms with Crippen LogP contribution in [0, 0.1) is 5.92 Å². The van der Waals surface area contributed by atoms with Gasteiger partial charge in [0.05, 0.1) is 0 Å². The highest BCUT2D eigenvalue weighted by molar-refractivity contribution is 5.59. The molecule has 0 aliphatic heterocycles. The van der Waals surface area contributed by atoms with E-state index in [1.807, 2.05) is 12.1 Å². The van der Waals surface area contributed by atoms with Crippen LogP contribution in [0.4, 0.5) is 5.69 Å². The van der Waals surface area contributed by atoms with Crippen LogP contribution in [0.2, 0.25) is 0 Å². The second-order valence-electron chi connectivity index (χ2n) is 4.94. The number of hydrogen-bond acceptors (Lipinski definition) is 1. The maximum Gasteiger partial charge on any atom is 0.0455 e. The summed E-state index contributed by atoms with van der Waals surface area (Å²) in [7, 11) is 0. The van der Waals surface area contributed by atoms with Crippen LogP contribution >= 0.6 is 0 Å². The molecule has 0 aromatic heterocycles. The fourth-order valence-corrected chi connectivity index (χ4v) is 2.41. The standard InChI is InChI=1S/C18H21N/c1-4-9-16(3)19(17-11-6-5-7-12-17)18-13-8-10-15(2)14-18/h4-13,15H,1,14H2,2-3H3/b16-9+. The minimum Gasteiger partial charge on any atom is -0.318 e. The van der Waals surface area contributed by atoms with Gasteiger partial charge in [0.15, 0.2) is 0 Å². The topological polar surface area (TPSA) is 3.24 Å². The van der Waals surface area contributed by atoms with Gasteiger partial charge in [-0.3, -0.25) is 0 Å². The Labute approximate surface area is 116 Å². The highest BCUT2D eigenvalue weighted by Gasteiger charge is 2.16. The van der Waals surface area contributed by atoms with Crippen LogP contribution in [-0.2, 0) is 0 Å². The number of hydrogen-bond donors (Lipinski definition) is 0. The van der Waals surface area contributed by atoms with Crippen LogP contribution in [0.15, 0.2) is 78.7 Å². The summed E-state index contributed by atoms with van der Waals surface area (Å²) in [5.41, 5.74) is 3.72. The van der Waals surface area contributed by atoms with Crippen molar-refractivity contribution in [2.45, 2.75) is 20.3 Å². The predicted molar refractivity (Wildman–Crippen MR) is 83.9 cm³/mol. The van der Waals surface area contributed by atoms with Gasteiger partial charge in [-0.05, 0) is 43.5 Å². The zero-order valence-electron chi connectivity index (χ0n) is 11.7. The van der Waals surface area contributed by atoms with Crippen molar-refractivity contribution >= 4 is 5.69 Å². The molecular formula is C18H21N. The molecule has 1 atom stereocenters. The number of allylic oxidation sites excluding steroid dienone is 7. The summed E-state index contributed by atoms with van der Waals surface area (Å²) in [6.07, 6.45) is 11.6. The molecule has 0 amide bonds. The molecule has 1 aromatic carbocycles. The smallest absolute Gasteiger partial charge is 0.0455 e. The van der Waals surface area contributed by atoms with E-state index in [4.69, 9.17) is 0 Å². The monoisotopic (exact) mass is 251 g/mol. The van der Waals surface area contributed by atoms with Gasteiger partial charge in [0.2, 0.25) is 0 Å². The fourth-order valence-electron chi connectivity index (χ4n) is 2.41. The Bertz CT molecular complexity index is 520. The first-order valence-electron chi connectivity index (χ1n) is 6.74. The molecule has 0 saturated carbocycles. The predicted octanol–water partition coefficient (Wildman–Crippen LogP) is 5.06. The van der Waals surface area contributed by atoms with E-state index in [9.17, 15) is 0 Å². The van der Waals surface area contributed by atoms with Crippen LogP contribution in [0.3, 0.4) is 0 Å². The van der Waals surface area contributed by atoms with Crippen molar-refractivity contribution < 1.29 is 0 Å². The Kier molecular flexibility index (Phi) is 4.40. The molecule has 19 heavy (non-hydrogen) atoms. The van der Waals surface area contributed by atoms with Gasteiger partial charge >= 0.3 is 0 Å². The van der Waals surface area contributed by atoms with Crippen molar-refractivity contribution in [3.8, 4) is 0 Å². The highest BCUT2D eigenvalue weighted by Crippen LogP contribution is 2.30. The van der Waals surface area contributed by atoms with Gasteiger partial charge in [0, 0.05) is 17.1 Å². The zero-order chi connectivity index (χ0) is 13.7. The molecule has 0 saturated heterocycles. The minimum absolute atomic E-state index is 0.586. The first-order chi connectivity index (χ1) is 9.22. The van der Waals surface area contributed by atoms with E-state index >= 15 is 0 Å². The molecule has 1 unspecified atom stereocenters. The molecule has 0 radical (unpaired) electrons. The summed E-state index contributed by atoms with van der Waals surface area (Å²) >= 11 is 0. The summed E-state index contributed by atoms with van der Waals surface area (Å²) in [5, 5.41) is 0. The van der Waals surface area contributed by atoms with Crippen molar-refractivity contribution in [2.75, 3.05) is 4.90 Å². The zero-order valence-corrected chi connectivity index (χ0v) is 11.7. The second-order valence-corrected chi connectivity index (χ2v) is 4.94. The van der Waals surface area contributed by atoms with Gasteiger partial charge in [-0.15, -0.1) is 0 Å². The summed E-state index contributed by atoms with van der Waals surface area (Å²) in [6, 6.07) is 10.5. The number of rotatable bonds is 4. The normalized spacial score (nSPS) is 18.9. The quantitative estimate of drug-likeness (QED) is 0.676. The molecular weight excluding hydrogens is 230 g/mol. The molecule has 1 aliphatic carbocycles. The lowest BCUT2D eigenvalue weighted by Crippen LogP contribution is -2.22. The molecule has 0 heterocycles. The lowest BCUT2D eigenvalue weighted by molar-refractivity contribution is 0.691. The number of nitrogens with zero attached hydrogens (tertiary/aromatic N) is 1. The lowest BCUT2D eigenvalue weighted by atomic mass is 9.98. The first-order valence-corrected chi connectivity index (χ1v) is 6.74. The summed E-state index contributed by atoms with van der Waals surface area (Å²) in [4.78, 5) is 2.31. The van der Waals surface area contributed by atoms with Gasteiger partial charge in [0.1, 0.15) is 0 Å². The third-order valence-electron chi connectivity index (χ3n) is 3.27. The maximum absolute atomic E-state index is 3.80. The van der Waals surface area contributed by atoms with E-state index in [1.165, 1.54) is 17.1 Å². The molecule has 0 N–H and O–H groups in total. The van der Waals surface area contributed by atoms with Gasteiger partial charge in [-0.25, -0.2) is 0 Å². The molecule has 1 heteroatoms. The van der Waals surface area contributed by atoms with E-state index < -0.39 is 0 Å². The fraction of sp³-hybridized carbons (Fsp3) is 0.222. The van der Waals surface area contributed by atoms with Gasteiger partial charge in [0.25, 0.3) is 0 Å². The van der Waals surface area contributed by atoms with Crippen molar-refractivity contribution in [3.05, 3.63) is 78.7 Å². The van der Waals surface area contributed by atoms with Crippen LogP contribution in [0.25, 0.3) is 0 Å². The largest absolute Gasteiger partial charge is 0.318 e. The highest BCUT2D eigenvalue weighted by atomic mass is 15.2. The molecule has 1 aromatic rings. The third-order valence-corrected chi connectivity index (χ3v) is 3.27. The average Bonchev–Trinajstić information content (AvgIpc) is 2.40. The lowest BCUT2D eigenvalue weighted by Gasteiger charge is -2.30. The van der Waals surface area contributed by atoms with Crippen LogP contribution in [0.5, 0.6) is 0 Å². The van der Waals surface area contributed by atoms with Crippen LogP contribution < -0.4 is 4.90 Å². The Morgan fingerprint density at radius 3 is 2.68 bits per heavy atom. The SMILES string of the molecule is C=C/C=C(\C)N(C1=CC=CC(C)C1)c1ccccc1. The average molecular weight is 251 g/mol. The Hall–Kier alpha value is -2.02. The Morgan fingerprint density at radius 2 is 2.05 bits per heavy atom. The second kappa shape index (κ2) is 6.24. The van der Waals surface area contributed by atoms with Crippen molar-refractivity contribution in [1.29, 1.82) is 0 Å². The van der Waals surface area contributed by atoms with E-state index in [0.717, 1.165) is 6.42 Å². The Morgan fingerprint density at radius 1 is 1.32 bits per heavy atom. The van der Waals surface area contributed by atoms with Gasteiger partial charge < -0.3 is 4.90 Å². The van der Waals surface area contributed by atoms with Gasteiger partial charge in [-0.1, -0.05) is 49.9 Å². The molecule has 0 bridgehead atoms. The Balaban J connectivity index is 2.41. The number of para-hydroxylation sites is 1. The van der Waals surface area contributed by atoms with Crippen LogP contribution in [-0.4, -0.2) is 0 Å². The van der Waals surface area contributed by atoms with Crippen molar-refractivity contribution in [3.63, 3.8) is 0 Å². The molecule has 0 fully saturated rings. The molecule has 0 spiro atoms. The molecule has 2 rings (SSSR count). The van der Waals surface area contributed by atoms with E-state index in [2.05, 4.69) is 73.9 Å². The van der Waals surface area contributed by atoms with E-state index in [1.54, 1.807) is 0 Å². The number of anilines is 1.